The summed E-state index contributed by atoms with van der Waals surface area (Å²) in [7, 11) is 0. The van der Waals surface area contributed by atoms with Crippen molar-refractivity contribution in [2.75, 3.05) is 57.8 Å². The molecule has 2 amide bonds. The lowest BCUT2D eigenvalue weighted by molar-refractivity contribution is -0.138. The molecule has 3 aliphatic rings. The Morgan fingerprint density at radius 1 is 1.04 bits per heavy atom. The van der Waals surface area contributed by atoms with Crippen molar-refractivity contribution in [1.82, 2.24) is 24.7 Å². The number of carbonyl (C=O) groups is 1. The number of aromatic amines is 1. The molecule has 2 N–H and O–H groups in total. The zero-order valence-electron chi connectivity index (χ0n) is 26.6. The van der Waals surface area contributed by atoms with Crippen LogP contribution in [-0.2, 0) is 23.9 Å². The van der Waals surface area contributed by atoms with Gasteiger partial charge in [-0.15, -0.1) is 0 Å². The zero-order chi connectivity index (χ0) is 32.7. The number of ether oxygens (including phenoxy) is 2. The maximum Gasteiger partial charge on any atom is 0.416 e. The number of alkyl halides is 3. The lowest BCUT2D eigenvalue weighted by Gasteiger charge is -2.35. The van der Waals surface area contributed by atoms with E-state index < -0.39 is 17.8 Å². The molecule has 2 fully saturated rings. The molecular formula is C35H39F3N6O3. The van der Waals surface area contributed by atoms with Crippen LogP contribution in [0.25, 0.3) is 11.0 Å². The third-order valence-corrected chi connectivity index (χ3v) is 9.71. The summed E-state index contributed by atoms with van der Waals surface area (Å²) in [6.07, 6.45) is -2.22. The number of urea groups is 1. The molecule has 0 unspecified atom stereocenters. The van der Waals surface area contributed by atoms with E-state index in [2.05, 4.69) is 38.1 Å². The Morgan fingerprint density at radius 3 is 2.55 bits per heavy atom. The van der Waals surface area contributed by atoms with E-state index in [1.165, 1.54) is 6.07 Å². The Hall–Kier alpha value is -4.13. The van der Waals surface area contributed by atoms with E-state index >= 15 is 0 Å². The first-order valence-electron chi connectivity index (χ1n) is 16.2. The van der Waals surface area contributed by atoms with Crippen LogP contribution in [0.5, 0.6) is 11.5 Å². The van der Waals surface area contributed by atoms with Gasteiger partial charge in [0.1, 0.15) is 17.1 Å². The zero-order valence-corrected chi connectivity index (χ0v) is 26.6. The van der Waals surface area contributed by atoms with Crippen LogP contribution in [0.3, 0.4) is 0 Å². The van der Waals surface area contributed by atoms with Crippen LogP contribution in [0.2, 0.25) is 0 Å². The molecule has 2 saturated heterocycles. The largest absolute Gasteiger partial charge is 0.457 e. The Balaban J connectivity index is 1.05. The molecule has 12 heteroatoms. The number of nitrogens with zero attached hydrogens (tertiary/aromatic N) is 4. The number of fused-ring (bicyclic) bond motifs is 2. The molecule has 0 spiro atoms. The van der Waals surface area contributed by atoms with E-state index in [9.17, 15) is 18.0 Å². The van der Waals surface area contributed by atoms with Crippen molar-refractivity contribution >= 4 is 22.8 Å². The number of hydrogen-bond donors (Lipinski definition) is 2. The molecular weight excluding hydrogens is 609 g/mol. The van der Waals surface area contributed by atoms with Crippen LogP contribution < -0.4 is 10.1 Å². The summed E-state index contributed by atoms with van der Waals surface area (Å²) in [5, 5.41) is 3.62. The normalized spacial score (nSPS) is 19.4. The van der Waals surface area contributed by atoms with Gasteiger partial charge in [0.25, 0.3) is 0 Å². The first kappa shape index (κ1) is 31.5. The van der Waals surface area contributed by atoms with Crippen molar-refractivity contribution in [2.45, 2.75) is 44.9 Å². The van der Waals surface area contributed by atoms with Crippen LogP contribution >= 0.6 is 0 Å². The lowest BCUT2D eigenvalue weighted by atomic mass is 9.93. The van der Waals surface area contributed by atoms with Crippen LogP contribution in [0.4, 0.5) is 23.7 Å². The van der Waals surface area contributed by atoms with Gasteiger partial charge in [-0.05, 0) is 73.0 Å². The summed E-state index contributed by atoms with van der Waals surface area (Å²) < 4.78 is 54.2. The number of anilines is 1. The summed E-state index contributed by atoms with van der Waals surface area (Å²) in [5.41, 5.74) is 3.47. The van der Waals surface area contributed by atoms with Gasteiger partial charge in [-0.3, -0.25) is 4.90 Å². The second-order valence-corrected chi connectivity index (χ2v) is 12.6. The van der Waals surface area contributed by atoms with Crippen molar-refractivity contribution in [3.05, 3.63) is 82.7 Å². The number of H-pyrrole nitrogens is 1. The lowest BCUT2D eigenvalue weighted by Crippen LogP contribution is -2.45. The highest BCUT2D eigenvalue weighted by Crippen LogP contribution is 2.38. The van der Waals surface area contributed by atoms with Gasteiger partial charge < -0.3 is 29.6 Å². The third-order valence-electron chi connectivity index (χ3n) is 9.71. The summed E-state index contributed by atoms with van der Waals surface area (Å²) >= 11 is 0. The number of pyridine rings is 1. The molecule has 4 aromatic rings. The topological polar surface area (TPSA) is 86.0 Å². The molecule has 2 aromatic heterocycles. The van der Waals surface area contributed by atoms with Gasteiger partial charge in [0.15, 0.2) is 0 Å². The number of amides is 2. The van der Waals surface area contributed by atoms with E-state index in [1.807, 2.05) is 31.2 Å². The number of halogens is 3. The molecule has 0 bridgehead atoms. The fourth-order valence-electron chi connectivity index (χ4n) is 6.76. The Labute approximate surface area is 271 Å². The molecule has 2 aromatic carbocycles. The molecule has 3 aliphatic heterocycles. The second kappa shape index (κ2) is 12.8. The minimum Gasteiger partial charge on any atom is -0.457 e. The molecule has 248 valence electrons. The van der Waals surface area contributed by atoms with Crippen LogP contribution in [-0.4, -0.2) is 83.2 Å². The molecule has 0 saturated carbocycles. The predicted octanol–water partition coefficient (Wildman–Crippen LogP) is 6.78. The number of carbonyl (C=O) groups excluding carboxylic acids is 1. The van der Waals surface area contributed by atoms with Gasteiger partial charge in [0, 0.05) is 62.8 Å². The summed E-state index contributed by atoms with van der Waals surface area (Å²) in [4.78, 5) is 27.3. The van der Waals surface area contributed by atoms with Crippen LogP contribution in [0.15, 0.2) is 54.7 Å². The van der Waals surface area contributed by atoms with E-state index in [-0.39, 0.29) is 23.8 Å². The van der Waals surface area contributed by atoms with E-state index in [1.54, 1.807) is 17.2 Å². The molecule has 0 aliphatic carbocycles. The smallest absolute Gasteiger partial charge is 0.416 e. The summed E-state index contributed by atoms with van der Waals surface area (Å²) in [6, 6.07) is 13.1. The molecule has 9 nitrogen and oxygen atoms in total. The fraction of sp³-hybridized carbons (Fsp3) is 0.429. The highest BCUT2D eigenvalue weighted by atomic mass is 19.4. The SMILES string of the molecule is CCN1CCN(Cc2ccc(NC(=O)N3CCc4ccc(Oc5ccnc6[nH]c(C7COC7)cc56)cc4[C@@H]3C)cc2C(F)(F)F)CC1. The summed E-state index contributed by atoms with van der Waals surface area (Å²) in [6.45, 7) is 10.1. The van der Waals surface area contributed by atoms with Crippen molar-refractivity contribution in [3.63, 3.8) is 0 Å². The van der Waals surface area contributed by atoms with Gasteiger partial charge in [-0.25, -0.2) is 9.78 Å². The number of aromatic nitrogens is 2. The number of rotatable bonds is 7. The standard InChI is InChI=1S/C35H39F3N6O3/c1-3-42-12-14-43(15-13-42)19-24-4-6-26(16-30(24)35(36,37)38)40-34(45)44-11-9-23-5-7-27(17-28(23)22(44)2)47-32-8-10-39-33-29(32)18-31(41-33)25-20-46-21-25/h4-8,10,16-18,22,25H,3,9,11-15,19-21H2,1-2H3,(H,39,41)(H,40,45)/t22-/m0/s1. The molecule has 47 heavy (non-hydrogen) atoms. The predicted molar refractivity (Wildman–Crippen MR) is 173 cm³/mol. The monoisotopic (exact) mass is 648 g/mol. The minimum atomic E-state index is -4.54. The molecule has 5 heterocycles. The van der Waals surface area contributed by atoms with Gasteiger partial charge in [0.05, 0.1) is 30.2 Å². The minimum absolute atomic E-state index is 0.123. The highest BCUT2D eigenvalue weighted by molar-refractivity contribution is 5.90. The second-order valence-electron chi connectivity index (χ2n) is 12.6. The Kier molecular flexibility index (Phi) is 8.58. The van der Waals surface area contributed by atoms with Crippen LogP contribution in [0.1, 0.15) is 53.8 Å². The maximum absolute atomic E-state index is 14.2. The van der Waals surface area contributed by atoms with Crippen molar-refractivity contribution in [3.8, 4) is 11.5 Å². The fourth-order valence-corrected chi connectivity index (χ4v) is 6.76. The van der Waals surface area contributed by atoms with E-state index in [4.69, 9.17) is 9.47 Å². The number of piperazine rings is 1. The third kappa shape index (κ3) is 6.54. The van der Waals surface area contributed by atoms with Gasteiger partial charge in [-0.1, -0.05) is 19.1 Å². The van der Waals surface area contributed by atoms with Crippen molar-refractivity contribution < 1.29 is 27.4 Å². The average molecular weight is 649 g/mol. The molecule has 1 atom stereocenters. The number of benzene rings is 2. The average Bonchev–Trinajstić information content (AvgIpc) is 3.45. The van der Waals surface area contributed by atoms with Gasteiger partial charge in [0.2, 0.25) is 0 Å². The number of likely N-dealkylation sites (N-methyl/N-ethyl adjacent to an activating group) is 1. The van der Waals surface area contributed by atoms with Crippen molar-refractivity contribution in [1.29, 1.82) is 0 Å². The van der Waals surface area contributed by atoms with Gasteiger partial charge >= 0.3 is 12.2 Å². The maximum atomic E-state index is 14.2. The highest BCUT2D eigenvalue weighted by Gasteiger charge is 2.35. The van der Waals surface area contributed by atoms with Crippen molar-refractivity contribution in [2.24, 2.45) is 0 Å². The van der Waals surface area contributed by atoms with Crippen LogP contribution in [0, 0.1) is 0 Å². The molecule has 0 radical (unpaired) electrons. The number of nitrogens with one attached hydrogen (secondary N) is 2. The number of hydrogen-bond acceptors (Lipinski definition) is 6. The molecule has 7 rings (SSSR count). The summed E-state index contributed by atoms with van der Waals surface area (Å²) in [5.74, 6) is 1.62. The first-order chi connectivity index (χ1) is 22.7. The first-order valence-corrected chi connectivity index (χ1v) is 16.2. The quantitative estimate of drug-likeness (QED) is 0.230. The van der Waals surface area contributed by atoms with E-state index in [0.717, 1.165) is 66.6 Å². The Bertz CT molecular complexity index is 1760. The van der Waals surface area contributed by atoms with Gasteiger partial charge in [-0.2, -0.15) is 13.2 Å². The van der Waals surface area contributed by atoms with E-state index in [0.29, 0.717) is 43.6 Å². The Morgan fingerprint density at radius 2 is 1.83 bits per heavy atom.